The third-order valence-corrected chi connectivity index (χ3v) is 4.03. The van der Waals surface area contributed by atoms with Crippen molar-refractivity contribution < 1.29 is 9.53 Å². The summed E-state index contributed by atoms with van der Waals surface area (Å²) in [5, 5.41) is 0. The van der Waals surface area contributed by atoms with Crippen LogP contribution in [0.4, 0.5) is 0 Å². The molecule has 1 aromatic heterocycles. The third kappa shape index (κ3) is 5.01. The molecule has 1 atom stereocenters. The minimum absolute atomic E-state index is 0.332. The van der Waals surface area contributed by atoms with Gasteiger partial charge in [-0.25, -0.2) is 4.98 Å². The van der Waals surface area contributed by atoms with Crippen LogP contribution in [0.3, 0.4) is 0 Å². The van der Waals surface area contributed by atoms with E-state index in [0.29, 0.717) is 13.0 Å². The maximum atomic E-state index is 11.5. The number of nitrogens with two attached hydrogens (primary N) is 1. The highest BCUT2D eigenvalue weighted by Gasteiger charge is 2.29. The zero-order valence-electron chi connectivity index (χ0n) is 10.0. The fourth-order valence-corrected chi connectivity index (χ4v) is 2.68. The summed E-state index contributed by atoms with van der Waals surface area (Å²) in [4.78, 5) is 15.6. The first-order valence-electron chi connectivity index (χ1n) is 5.42. The summed E-state index contributed by atoms with van der Waals surface area (Å²) < 4.78 is 9.78. The van der Waals surface area contributed by atoms with E-state index in [1.807, 2.05) is 0 Å². The number of carbonyl (C=O) groups is 1. The van der Waals surface area contributed by atoms with Gasteiger partial charge in [-0.05, 0) is 38.2 Å². The summed E-state index contributed by atoms with van der Waals surface area (Å²) in [6.45, 7) is 3.85. The van der Waals surface area contributed by atoms with Gasteiger partial charge >= 0.3 is 5.97 Å². The van der Waals surface area contributed by atoms with Crippen molar-refractivity contribution in [3.63, 3.8) is 0 Å². The van der Waals surface area contributed by atoms with Crippen LogP contribution >= 0.6 is 23.3 Å². The van der Waals surface area contributed by atoms with Crippen LogP contribution in [0, 0.1) is 0 Å². The molecule has 1 unspecified atom stereocenters. The molecule has 0 saturated carbocycles. The summed E-state index contributed by atoms with van der Waals surface area (Å²) in [5.74, 6) is 0.544. The van der Waals surface area contributed by atoms with Gasteiger partial charge in [0.2, 0.25) is 0 Å². The van der Waals surface area contributed by atoms with E-state index in [0.717, 1.165) is 16.5 Å². The molecule has 1 heterocycles. The van der Waals surface area contributed by atoms with E-state index in [-0.39, 0.29) is 5.97 Å². The molecule has 0 aliphatic carbocycles. The number of hydrogen-bond acceptors (Lipinski definition) is 7. The number of hydrogen-bond donors (Lipinski definition) is 1. The van der Waals surface area contributed by atoms with Crippen molar-refractivity contribution in [2.45, 2.75) is 36.6 Å². The van der Waals surface area contributed by atoms with Crippen LogP contribution in [0.25, 0.3) is 0 Å². The van der Waals surface area contributed by atoms with Crippen LogP contribution in [-0.4, -0.2) is 33.2 Å². The lowest BCUT2D eigenvalue weighted by Gasteiger charge is -2.21. The van der Waals surface area contributed by atoms with Gasteiger partial charge in [-0.15, -0.1) is 0 Å². The molecule has 0 radical (unpaired) electrons. The van der Waals surface area contributed by atoms with E-state index in [9.17, 15) is 4.79 Å². The average molecular weight is 275 g/mol. The molecule has 0 spiro atoms. The Morgan fingerprint density at radius 3 is 3.06 bits per heavy atom. The molecule has 2 N–H and O–H groups in total. The first-order valence-corrected chi connectivity index (χ1v) is 7.17. The monoisotopic (exact) mass is 275 g/mol. The number of rotatable bonds is 7. The number of thioether (sulfide) groups is 1. The van der Waals surface area contributed by atoms with Crippen molar-refractivity contribution in [1.82, 2.24) is 9.36 Å². The van der Waals surface area contributed by atoms with Crippen molar-refractivity contribution >= 4 is 29.3 Å². The number of carbonyl (C=O) groups excluding carboxylic acids is 1. The van der Waals surface area contributed by atoms with Crippen LogP contribution in [0.2, 0.25) is 0 Å². The summed E-state index contributed by atoms with van der Waals surface area (Å²) in [6, 6.07) is 0. The summed E-state index contributed by atoms with van der Waals surface area (Å²) in [7, 11) is 0. The molecule has 0 amide bonds. The second-order valence-corrected chi connectivity index (χ2v) is 5.92. The van der Waals surface area contributed by atoms with Crippen LogP contribution < -0.4 is 5.73 Å². The second-order valence-electron chi connectivity index (χ2n) is 3.80. The molecule has 7 heteroatoms. The molecular weight excluding hydrogens is 258 g/mol. The molecule has 0 aliphatic heterocycles. The van der Waals surface area contributed by atoms with Gasteiger partial charge in [0.25, 0.3) is 0 Å². The Morgan fingerprint density at radius 2 is 2.47 bits per heavy atom. The van der Waals surface area contributed by atoms with Gasteiger partial charge in [0.1, 0.15) is 11.9 Å². The lowest BCUT2D eigenvalue weighted by atomic mass is 9.98. The first-order chi connectivity index (χ1) is 8.06. The number of esters is 1. The lowest BCUT2D eigenvalue weighted by molar-refractivity contribution is -0.149. The van der Waals surface area contributed by atoms with Gasteiger partial charge in [0, 0.05) is 5.75 Å². The Labute approximate surface area is 109 Å². The van der Waals surface area contributed by atoms with Crippen molar-refractivity contribution in [3.8, 4) is 0 Å². The minimum Gasteiger partial charge on any atom is -0.465 e. The molecule has 0 aromatic carbocycles. The normalized spacial score (nSPS) is 14.3. The highest BCUT2D eigenvalue weighted by Crippen LogP contribution is 2.21. The predicted molar refractivity (Wildman–Crippen MR) is 69.1 cm³/mol. The zero-order valence-corrected chi connectivity index (χ0v) is 11.6. The molecule has 0 fully saturated rings. The highest BCUT2D eigenvalue weighted by molar-refractivity contribution is 8.00. The minimum atomic E-state index is -0.891. The second kappa shape index (κ2) is 6.93. The molecular formula is C10H17N3O2S2. The molecule has 5 nitrogen and oxygen atoms in total. The highest BCUT2D eigenvalue weighted by atomic mass is 32.2. The summed E-state index contributed by atoms with van der Waals surface area (Å²) >= 11 is 3.00. The molecule has 1 rings (SSSR count). The Bertz CT molecular complexity index is 341. The maximum absolute atomic E-state index is 11.5. The topological polar surface area (TPSA) is 78.1 Å². The molecule has 1 aromatic rings. The van der Waals surface area contributed by atoms with Crippen molar-refractivity contribution in [3.05, 3.63) is 6.33 Å². The number of aromatic nitrogens is 2. The quantitative estimate of drug-likeness (QED) is 0.463. The largest absolute Gasteiger partial charge is 0.465 e. The smallest absolute Gasteiger partial charge is 0.325 e. The van der Waals surface area contributed by atoms with Crippen molar-refractivity contribution in [2.75, 3.05) is 12.4 Å². The Morgan fingerprint density at radius 1 is 1.71 bits per heavy atom. The average Bonchev–Trinajstić information content (AvgIpc) is 2.77. The third-order valence-electron chi connectivity index (χ3n) is 2.15. The van der Waals surface area contributed by atoms with Crippen molar-refractivity contribution in [2.24, 2.45) is 5.73 Å². The fourth-order valence-electron chi connectivity index (χ4n) is 1.22. The van der Waals surface area contributed by atoms with E-state index in [1.54, 1.807) is 31.9 Å². The van der Waals surface area contributed by atoms with E-state index in [4.69, 9.17) is 10.5 Å². The van der Waals surface area contributed by atoms with E-state index >= 15 is 0 Å². The molecule has 0 bridgehead atoms. The standard InChI is InChI=1S/C10H17N3O2S2/c1-3-15-8(14)10(2,11)5-4-6-16-9-12-7-13-17-9/h7H,3-6,11H2,1-2H3. The van der Waals surface area contributed by atoms with E-state index < -0.39 is 5.54 Å². The molecule has 0 aliphatic rings. The predicted octanol–water partition coefficient (Wildman–Crippen LogP) is 1.69. The van der Waals surface area contributed by atoms with Gasteiger partial charge in [-0.3, -0.25) is 4.79 Å². The van der Waals surface area contributed by atoms with E-state index in [1.165, 1.54) is 11.5 Å². The number of ether oxygens (including phenoxy) is 1. The van der Waals surface area contributed by atoms with Crippen molar-refractivity contribution in [1.29, 1.82) is 0 Å². The SMILES string of the molecule is CCOC(=O)C(C)(N)CCCSc1ncns1. The van der Waals surface area contributed by atoms with Crippen LogP contribution in [-0.2, 0) is 9.53 Å². The van der Waals surface area contributed by atoms with Gasteiger partial charge in [-0.2, -0.15) is 4.37 Å². The Balaban J connectivity index is 2.23. The summed E-state index contributed by atoms with van der Waals surface area (Å²) in [6.07, 6.45) is 2.99. The van der Waals surface area contributed by atoms with Crippen LogP contribution in [0.5, 0.6) is 0 Å². The lowest BCUT2D eigenvalue weighted by Crippen LogP contribution is -2.46. The van der Waals surface area contributed by atoms with Gasteiger partial charge < -0.3 is 10.5 Å². The first kappa shape index (κ1) is 14.4. The van der Waals surface area contributed by atoms with Gasteiger partial charge in [-0.1, -0.05) is 11.8 Å². The molecule has 17 heavy (non-hydrogen) atoms. The zero-order chi connectivity index (χ0) is 12.7. The Kier molecular flexibility index (Phi) is 5.87. The summed E-state index contributed by atoms with van der Waals surface area (Å²) in [5.41, 5.74) is 5.01. The fraction of sp³-hybridized carbons (Fsp3) is 0.700. The number of nitrogens with zero attached hydrogens (tertiary/aromatic N) is 2. The van der Waals surface area contributed by atoms with E-state index in [2.05, 4.69) is 9.36 Å². The van der Waals surface area contributed by atoms with Gasteiger partial charge in [0.15, 0.2) is 4.34 Å². The maximum Gasteiger partial charge on any atom is 0.325 e. The molecule has 96 valence electrons. The van der Waals surface area contributed by atoms with Gasteiger partial charge in [0.05, 0.1) is 6.61 Å². The van der Waals surface area contributed by atoms with Crippen LogP contribution in [0.15, 0.2) is 10.7 Å². The van der Waals surface area contributed by atoms with Crippen LogP contribution in [0.1, 0.15) is 26.7 Å². The Hall–Kier alpha value is -0.660. The molecule has 0 saturated heterocycles.